The molecule has 1 aromatic carbocycles. The standard InChI is InChI=1S/C16H24N2O2.ClH/c17-14-7-8-18(11-14)10-13-3-5-15(6-4-13)20-12-16-2-1-9-19-16;/h3-6,14,16H,1-2,7-12,17H2;1H/t14-,16?;/m1./s1. The Morgan fingerprint density at radius 1 is 1.24 bits per heavy atom. The van der Waals surface area contributed by atoms with Gasteiger partial charge in [0.15, 0.2) is 0 Å². The lowest BCUT2D eigenvalue weighted by Gasteiger charge is -2.16. The molecule has 0 aromatic heterocycles. The van der Waals surface area contributed by atoms with Gasteiger partial charge in [0.05, 0.1) is 6.10 Å². The molecular formula is C16H25ClN2O2. The number of halogens is 1. The molecule has 1 unspecified atom stereocenters. The zero-order valence-corrected chi connectivity index (χ0v) is 13.2. The van der Waals surface area contributed by atoms with E-state index in [9.17, 15) is 0 Å². The van der Waals surface area contributed by atoms with Crippen molar-refractivity contribution in [1.82, 2.24) is 4.90 Å². The topological polar surface area (TPSA) is 47.7 Å². The van der Waals surface area contributed by atoms with E-state index in [0.717, 1.165) is 51.3 Å². The Morgan fingerprint density at radius 3 is 2.67 bits per heavy atom. The van der Waals surface area contributed by atoms with Crippen molar-refractivity contribution in [2.45, 2.75) is 38.0 Å². The number of ether oxygens (including phenoxy) is 2. The van der Waals surface area contributed by atoms with E-state index in [2.05, 4.69) is 29.2 Å². The van der Waals surface area contributed by atoms with Crippen LogP contribution >= 0.6 is 12.4 Å². The maximum Gasteiger partial charge on any atom is 0.119 e. The highest BCUT2D eigenvalue weighted by molar-refractivity contribution is 5.85. The molecule has 118 valence electrons. The molecule has 0 spiro atoms. The third-order valence-corrected chi connectivity index (χ3v) is 4.10. The van der Waals surface area contributed by atoms with E-state index >= 15 is 0 Å². The molecule has 2 saturated heterocycles. The first-order valence-electron chi connectivity index (χ1n) is 7.61. The van der Waals surface area contributed by atoms with Crippen LogP contribution in [0.2, 0.25) is 0 Å². The van der Waals surface area contributed by atoms with Crippen LogP contribution in [0.25, 0.3) is 0 Å². The van der Waals surface area contributed by atoms with Crippen molar-refractivity contribution in [2.24, 2.45) is 5.73 Å². The molecule has 0 radical (unpaired) electrons. The Hall–Kier alpha value is -0.810. The molecule has 2 aliphatic rings. The average molecular weight is 313 g/mol. The summed E-state index contributed by atoms with van der Waals surface area (Å²) in [6.07, 6.45) is 3.67. The summed E-state index contributed by atoms with van der Waals surface area (Å²) in [6, 6.07) is 8.76. The number of nitrogens with zero attached hydrogens (tertiary/aromatic N) is 1. The van der Waals surface area contributed by atoms with Crippen molar-refractivity contribution in [3.8, 4) is 5.75 Å². The Bertz CT molecular complexity index is 421. The quantitative estimate of drug-likeness (QED) is 0.905. The van der Waals surface area contributed by atoms with Crippen LogP contribution in [0.4, 0.5) is 0 Å². The Balaban J connectivity index is 0.00000161. The van der Waals surface area contributed by atoms with Gasteiger partial charge in [-0.05, 0) is 37.0 Å². The molecule has 2 aliphatic heterocycles. The molecule has 0 saturated carbocycles. The van der Waals surface area contributed by atoms with Gasteiger partial charge in [-0.3, -0.25) is 4.90 Å². The summed E-state index contributed by atoms with van der Waals surface area (Å²) in [5, 5.41) is 0. The van der Waals surface area contributed by atoms with Crippen LogP contribution in [0.1, 0.15) is 24.8 Å². The highest BCUT2D eigenvalue weighted by atomic mass is 35.5. The summed E-state index contributed by atoms with van der Waals surface area (Å²) in [5.74, 6) is 0.933. The zero-order valence-electron chi connectivity index (χ0n) is 12.4. The number of hydrogen-bond donors (Lipinski definition) is 1. The molecule has 2 fully saturated rings. The summed E-state index contributed by atoms with van der Waals surface area (Å²) >= 11 is 0. The third-order valence-electron chi connectivity index (χ3n) is 4.10. The number of rotatable bonds is 5. The summed E-state index contributed by atoms with van der Waals surface area (Å²) < 4.78 is 11.3. The Morgan fingerprint density at radius 2 is 2.05 bits per heavy atom. The molecule has 2 atom stereocenters. The van der Waals surface area contributed by atoms with Gasteiger partial charge in [0.1, 0.15) is 12.4 Å². The van der Waals surface area contributed by atoms with Crippen molar-refractivity contribution in [1.29, 1.82) is 0 Å². The molecular weight excluding hydrogens is 288 g/mol. The number of benzene rings is 1. The van der Waals surface area contributed by atoms with Crippen molar-refractivity contribution in [3.05, 3.63) is 29.8 Å². The van der Waals surface area contributed by atoms with Crippen molar-refractivity contribution in [3.63, 3.8) is 0 Å². The van der Waals surface area contributed by atoms with E-state index in [1.165, 1.54) is 5.56 Å². The molecule has 2 N–H and O–H groups in total. The van der Waals surface area contributed by atoms with Gasteiger partial charge in [0.25, 0.3) is 0 Å². The number of hydrogen-bond acceptors (Lipinski definition) is 4. The van der Waals surface area contributed by atoms with Crippen LogP contribution in [0.3, 0.4) is 0 Å². The van der Waals surface area contributed by atoms with Crippen LogP contribution in [0.15, 0.2) is 24.3 Å². The molecule has 21 heavy (non-hydrogen) atoms. The maximum atomic E-state index is 5.93. The second-order valence-electron chi connectivity index (χ2n) is 5.87. The van der Waals surface area contributed by atoms with Gasteiger partial charge in [0.2, 0.25) is 0 Å². The molecule has 2 heterocycles. The maximum absolute atomic E-state index is 5.93. The molecule has 4 nitrogen and oxygen atoms in total. The summed E-state index contributed by atoms with van der Waals surface area (Å²) in [6.45, 7) is 4.65. The summed E-state index contributed by atoms with van der Waals surface area (Å²) in [4.78, 5) is 2.41. The first kappa shape index (κ1) is 16.6. The first-order chi connectivity index (χ1) is 9.79. The predicted octanol–water partition coefficient (Wildman–Crippen LogP) is 2.20. The predicted molar refractivity (Wildman–Crippen MR) is 86.0 cm³/mol. The van der Waals surface area contributed by atoms with E-state index in [4.69, 9.17) is 15.2 Å². The minimum Gasteiger partial charge on any atom is -0.491 e. The van der Waals surface area contributed by atoms with Crippen molar-refractivity contribution < 1.29 is 9.47 Å². The second-order valence-corrected chi connectivity index (χ2v) is 5.87. The van der Waals surface area contributed by atoms with Gasteiger partial charge >= 0.3 is 0 Å². The smallest absolute Gasteiger partial charge is 0.119 e. The number of nitrogens with two attached hydrogens (primary N) is 1. The van der Waals surface area contributed by atoms with Gasteiger partial charge in [-0.15, -0.1) is 12.4 Å². The minimum atomic E-state index is 0. The van der Waals surface area contributed by atoms with Gasteiger partial charge in [-0.25, -0.2) is 0 Å². The van der Waals surface area contributed by atoms with Gasteiger partial charge in [-0.1, -0.05) is 12.1 Å². The molecule has 3 rings (SSSR count). The highest BCUT2D eigenvalue weighted by Gasteiger charge is 2.19. The van der Waals surface area contributed by atoms with Gasteiger partial charge in [-0.2, -0.15) is 0 Å². The summed E-state index contributed by atoms with van der Waals surface area (Å²) in [5.41, 5.74) is 7.25. The third kappa shape index (κ3) is 4.85. The lowest BCUT2D eigenvalue weighted by Crippen LogP contribution is -2.26. The van der Waals surface area contributed by atoms with Crippen LogP contribution in [0.5, 0.6) is 5.75 Å². The fraction of sp³-hybridized carbons (Fsp3) is 0.625. The van der Waals surface area contributed by atoms with Crippen molar-refractivity contribution in [2.75, 3.05) is 26.3 Å². The van der Waals surface area contributed by atoms with Crippen molar-refractivity contribution >= 4 is 12.4 Å². The van der Waals surface area contributed by atoms with Gasteiger partial charge < -0.3 is 15.2 Å². The van der Waals surface area contributed by atoms with Crippen LogP contribution in [-0.4, -0.2) is 43.3 Å². The fourth-order valence-electron chi connectivity index (χ4n) is 2.92. The lowest BCUT2D eigenvalue weighted by atomic mass is 10.2. The van der Waals surface area contributed by atoms with E-state index in [0.29, 0.717) is 12.6 Å². The van der Waals surface area contributed by atoms with Crippen LogP contribution < -0.4 is 10.5 Å². The zero-order chi connectivity index (χ0) is 13.8. The molecule has 0 aliphatic carbocycles. The Kier molecular flexibility index (Phi) is 6.30. The van der Waals surface area contributed by atoms with E-state index in [1.54, 1.807) is 0 Å². The molecule has 1 aromatic rings. The minimum absolute atomic E-state index is 0. The van der Waals surface area contributed by atoms with Crippen LogP contribution in [0, 0.1) is 0 Å². The summed E-state index contributed by atoms with van der Waals surface area (Å²) in [7, 11) is 0. The average Bonchev–Trinajstić information content (AvgIpc) is 3.10. The van der Waals surface area contributed by atoms with Crippen LogP contribution in [-0.2, 0) is 11.3 Å². The second kappa shape index (κ2) is 7.99. The first-order valence-corrected chi connectivity index (χ1v) is 7.61. The normalized spacial score (nSPS) is 25.8. The monoisotopic (exact) mass is 312 g/mol. The molecule has 0 amide bonds. The number of likely N-dealkylation sites (tertiary alicyclic amines) is 1. The van der Waals surface area contributed by atoms with E-state index < -0.39 is 0 Å². The molecule has 0 bridgehead atoms. The molecule has 5 heteroatoms. The van der Waals surface area contributed by atoms with E-state index in [1.807, 2.05) is 0 Å². The SMILES string of the molecule is Cl.N[C@@H]1CCN(Cc2ccc(OCC3CCCO3)cc2)C1. The highest BCUT2D eigenvalue weighted by Crippen LogP contribution is 2.18. The van der Waals surface area contributed by atoms with E-state index in [-0.39, 0.29) is 18.5 Å². The lowest BCUT2D eigenvalue weighted by molar-refractivity contribution is 0.0679. The largest absolute Gasteiger partial charge is 0.491 e. The fourth-order valence-corrected chi connectivity index (χ4v) is 2.92. The van der Waals surface area contributed by atoms with Gasteiger partial charge in [0, 0.05) is 32.3 Å². The Labute approximate surface area is 133 Å².